The maximum absolute atomic E-state index is 12.9. The normalized spacial score (nSPS) is 17.2. The highest BCUT2D eigenvalue weighted by molar-refractivity contribution is 6.01. The van der Waals surface area contributed by atoms with Gasteiger partial charge in [0.05, 0.1) is 5.56 Å². The lowest BCUT2D eigenvalue weighted by Gasteiger charge is -2.36. The Kier molecular flexibility index (Phi) is 3.26. The Labute approximate surface area is 134 Å². The predicted molar refractivity (Wildman–Crippen MR) is 89.3 cm³/mol. The molecule has 3 aromatic rings. The average molecular weight is 306 g/mol. The van der Waals surface area contributed by atoms with Crippen LogP contribution in [-0.2, 0) is 0 Å². The highest BCUT2D eigenvalue weighted by Gasteiger charge is 2.33. The average Bonchev–Trinajstić information content (AvgIpc) is 3.01. The second-order valence-electron chi connectivity index (χ2n) is 5.72. The smallest absolute Gasteiger partial charge is 0.257 e. The van der Waals surface area contributed by atoms with Gasteiger partial charge in [0.1, 0.15) is 17.5 Å². The minimum atomic E-state index is -0.239. The molecule has 5 nitrogen and oxygen atoms in total. The van der Waals surface area contributed by atoms with E-state index in [1.165, 1.54) is 0 Å². The summed E-state index contributed by atoms with van der Waals surface area (Å²) in [6.07, 6.45) is 4.61. The lowest BCUT2D eigenvalue weighted by atomic mass is 10.1. The van der Waals surface area contributed by atoms with Gasteiger partial charge in [0.15, 0.2) is 0 Å². The third kappa shape index (κ3) is 2.25. The Morgan fingerprint density at radius 1 is 1.17 bits per heavy atom. The standard InChI is InChI=1S/C18H18N4O/c1-2-10-22-17(15-12-21-11-6-5-9-16(21)19-15)20-14-8-4-3-7-13(14)18(22)23/h3-9,11-12,17,20H,2,10H2,1H3/t17-/m0/s1. The largest absolute Gasteiger partial charge is 0.359 e. The van der Waals surface area contributed by atoms with E-state index in [1.54, 1.807) is 0 Å². The molecule has 0 spiro atoms. The SMILES string of the molecule is CCCN1C(=O)c2ccccc2N[C@@H]1c1cn2ccccc2n1. The lowest BCUT2D eigenvalue weighted by Crippen LogP contribution is -2.43. The van der Waals surface area contributed by atoms with Gasteiger partial charge in [0.25, 0.3) is 5.91 Å². The molecule has 5 heteroatoms. The Morgan fingerprint density at radius 2 is 2.00 bits per heavy atom. The number of hydrogen-bond donors (Lipinski definition) is 1. The molecule has 116 valence electrons. The molecule has 1 aliphatic rings. The number of carbonyl (C=O) groups is 1. The lowest BCUT2D eigenvalue weighted by molar-refractivity contribution is 0.0680. The molecule has 1 aliphatic heterocycles. The van der Waals surface area contributed by atoms with Crippen LogP contribution in [0.2, 0.25) is 0 Å². The second kappa shape index (κ2) is 5.43. The van der Waals surface area contributed by atoms with E-state index < -0.39 is 0 Å². The number of rotatable bonds is 3. The van der Waals surface area contributed by atoms with Gasteiger partial charge in [0, 0.05) is 24.6 Å². The van der Waals surface area contributed by atoms with Crippen LogP contribution in [0.15, 0.2) is 54.9 Å². The first-order valence-corrected chi connectivity index (χ1v) is 7.88. The Morgan fingerprint density at radius 3 is 2.83 bits per heavy atom. The fourth-order valence-electron chi connectivity index (χ4n) is 3.08. The number of benzene rings is 1. The molecular formula is C18H18N4O. The zero-order chi connectivity index (χ0) is 15.8. The van der Waals surface area contributed by atoms with Gasteiger partial charge in [-0.3, -0.25) is 4.79 Å². The van der Waals surface area contributed by atoms with Crippen LogP contribution >= 0.6 is 0 Å². The van der Waals surface area contributed by atoms with Crippen LogP contribution in [-0.4, -0.2) is 26.7 Å². The summed E-state index contributed by atoms with van der Waals surface area (Å²) in [4.78, 5) is 19.4. The summed E-state index contributed by atoms with van der Waals surface area (Å²) < 4.78 is 1.98. The molecule has 1 N–H and O–H groups in total. The van der Waals surface area contributed by atoms with E-state index in [4.69, 9.17) is 0 Å². The molecule has 1 amide bonds. The Bertz CT molecular complexity index is 837. The van der Waals surface area contributed by atoms with Gasteiger partial charge in [-0.05, 0) is 30.7 Å². The Balaban J connectivity index is 1.80. The molecule has 1 atom stereocenters. The van der Waals surface area contributed by atoms with Crippen molar-refractivity contribution in [2.24, 2.45) is 0 Å². The van der Waals surface area contributed by atoms with Gasteiger partial charge in [-0.25, -0.2) is 4.98 Å². The number of nitrogens with zero attached hydrogens (tertiary/aromatic N) is 3. The van der Waals surface area contributed by atoms with Gasteiger partial charge in [-0.15, -0.1) is 0 Å². The molecule has 3 heterocycles. The van der Waals surface area contributed by atoms with E-state index in [-0.39, 0.29) is 12.1 Å². The summed E-state index contributed by atoms with van der Waals surface area (Å²) in [7, 11) is 0. The predicted octanol–water partition coefficient (Wildman–Crippen LogP) is 3.31. The summed E-state index contributed by atoms with van der Waals surface area (Å²) in [5.41, 5.74) is 3.33. The number of nitrogens with one attached hydrogen (secondary N) is 1. The van der Waals surface area contributed by atoms with Crippen LogP contribution < -0.4 is 5.32 Å². The van der Waals surface area contributed by atoms with E-state index in [0.29, 0.717) is 6.54 Å². The van der Waals surface area contributed by atoms with Crippen LogP contribution in [0.4, 0.5) is 5.69 Å². The first-order chi connectivity index (χ1) is 11.3. The highest BCUT2D eigenvalue weighted by Crippen LogP contribution is 2.32. The molecule has 0 saturated heterocycles. The number of para-hydroxylation sites is 1. The minimum absolute atomic E-state index is 0.0586. The number of anilines is 1. The van der Waals surface area contributed by atoms with Crippen molar-refractivity contribution in [3.05, 3.63) is 66.1 Å². The topological polar surface area (TPSA) is 49.6 Å². The van der Waals surface area contributed by atoms with Crippen molar-refractivity contribution in [3.8, 4) is 0 Å². The monoisotopic (exact) mass is 306 g/mol. The van der Waals surface area contributed by atoms with Gasteiger partial charge in [-0.1, -0.05) is 25.1 Å². The van der Waals surface area contributed by atoms with E-state index in [1.807, 2.05) is 64.2 Å². The van der Waals surface area contributed by atoms with Crippen molar-refractivity contribution in [2.75, 3.05) is 11.9 Å². The number of hydrogen-bond acceptors (Lipinski definition) is 3. The van der Waals surface area contributed by atoms with E-state index in [9.17, 15) is 4.79 Å². The minimum Gasteiger partial charge on any atom is -0.359 e. The molecule has 0 saturated carbocycles. The number of aromatic nitrogens is 2. The number of pyridine rings is 1. The first-order valence-electron chi connectivity index (χ1n) is 7.88. The van der Waals surface area contributed by atoms with Crippen LogP contribution in [0, 0.1) is 0 Å². The maximum Gasteiger partial charge on any atom is 0.257 e. The van der Waals surface area contributed by atoms with Crippen LogP contribution in [0.5, 0.6) is 0 Å². The molecule has 2 aromatic heterocycles. The van der Waals surface area contributed by atoms with Crippen molar-refractivity contribution >= 4 is 17.2 Å². The maximum atomic E-state index is 12.9. The van der Waals surface area contributed by atoms with Crippen LogP contribution in [0.3, 0.4) is 0 Å². The molecule has 0 unspecified atom stereocenters. The van der Waals surface area contributed by atoms with Crippen molar-refractivity contribution in [1.29, 1.82) is 0 Å². The number of fused-ring (bicyclic) bond motifs is 2. The molecule has 0 bridgehead atoms. The molecule has 4 rings (SSSR count). The van der Waals surface area contributed by atoms with Crippen molar-refractivity contribution in [1.82, 2.24) is 14.3 Å². The summed E-state index contributed by atoms with van der Waals surface area (Å²) in [6.45, 7) is 2.77. The third-order valence-electron chi connectivity index (χ3n) is 4.15. The summed E-state index contributed by atoms with van der Waals surface area (Å²) in [5.74, 6) is 0.0586. The second-order valence-corrected chi connectivity index (χ2v) is 5.72. The molecule has 23 heavy (non-hydrogen) atoms. The summed E-state index contributed by atoms with van der Waals surface area (Å²) in [5, 5.41) is 3.47. The van der Waals surface area contributed by atoms with Gasteiger partial charge in [-0.2, -0.15) is 0 Å². The van der Waals surface area contributed by atoms with Gasteiger partial charge < -0.3 is 14.6 Å². The van der Waals surface area contributed by atoms with E-state index in [0.717, 1.165) is 29.0 Å². The molecule has 0 radical (unpaired) electrons. The van der Waals surface area contributed by atoms with E-state index in [2.05, 4.69) is 17.2 Å². The molecular weight excluding hydrogens is 288 g/mol. The highest BCUT2D eigenvalue weighted by atomic mass is 16.2. The van der Waals surface area contributed by atoms with Crippen molar-refractivity contribution < 1.29 is 4.79 Å². The third-order valence-corrected chi connectivity index (χ3v) is 4.15. The summed E-state index contributed by atoms with van der Waals surface area (Å²) >= 11 is 0. The fourth-order valence-corrected chi connectivity index (χ4v) is 3.08. The zero-order valence-corrected chi connectivity index (χ0v) is 12.9. The number of carbonyl (C=O) groups excluding carboxylic acids is 1. The fraction of sp³-hybridized carbons (Fsp3) is 0.222. The Hall–Kier alpha value is -2.82. The quantitative estimate of drug-likeness (QED) is 0.807. The molecule has 0 aliphatic carbocycles. The molecule has 1 aromatic carbocycles. The van der Waals surface area contributed by atoms with Crippen LogP contribution in [0.25, 0.3) is 5.65 Å². The van der Waals surface area contributed by atoms with E-state index >= 15 is 0 Å². The molecule has 0 fully saturated rings. The van der Waals surface area contributed by atoms with Crippen LogP contribution in [0.1, 0.15) is 35.6 Å². The number of amides is 1. The van der Waals surface area contributed by atoms with Crippen molar-refractivity contribution in [3.63, 3.8) is 0 Å². The number of imidazole rings is 1. The summed E-state index contributed by atoms with van der Waals surface area (Å²) in [6, 6.07) is 13.5. The van der Waals surface area contributed by atoms with Gasteiger partial charge in [0.2, 0.25) is 0 Å². The zero-order valence-electron chi connectivity index (χ0n) is 12.9. The first kappa shape index (κ1) is 13.8. The van der Waals surface area contributed by atoms with Gasteiger partial charge >= 0.3 is 0 Å². The van der Waals surface area contributed by atoms with Crippen molar-refractivity contribution in [2.45, 2.75) is 19.5 Å².